The third-order valence-corrected chi connectivity index (χ3v) is 8.41. The van der Waals surface area contributed by atoms with E-state index >= 15 is 0 Å². The Balaban J connectivity index is 1.53. The number of carbonyl (C=O) groups is 2. The first-order valence-corrected chi connectivity index (χ1v) is 12.8. The van der Waals surface area contributed by atoms with Crippen LogP contribution in [0.4, 0.5) is 5.69 Å². The zero-order valence-corrected chi connectivity index (χ0v) is 18.7. The fraction of sp³-hybridized carbons (Fsp3) is 0.318. The number of nitrogens with zero attached hydrogens (tertiary/aromatic N) is 2. The summed E-state index contributed by atoms with van der Waals surface area (Å²) in [7, 11) is -3.17. The van der Waals surface area contributed by atoms with Crippen LogP contribution in [0, 0.1) is 0 Å². The number of carboxylic acids is 1. The number of rotatable bonds is 7. The number of hydrogen-bond donors (Lipinski definition) is 1. The number of thioether (sulfide) groups is 1. The number of carbonyl (C=O) groups excluding carboxylic acids is 1. The van der Waals surface area contributed by atoms with E-state index in [9.17, 15) is 18.0 Å². The summed E-state index contributed by atoms with van der Waals surface area (Å²) >= 11 is 1.26. The molecule has 2 saturated heterocycles. The first-order valence-electron chi connectivity index (χ1n) is 10.1. The van der Waals surface area contributed by atoms with E-state index in [1.54, 1.807) is 17.0 Å². The molecule has 2 fully saturated rings. The lowest BCUT2D eigenvalue weighted by atomic mass is 10.2. The normalized spacial score (nSPS) is 22.6. The van der Waals surface area contributed by atoms with Crippen LogP contribution >= 0.6 is 11.8 Å². The van der Waals surface area contributed by atoms with E-state index in [4.69, 9.17) is 9.84 Å². The molecule has 1 amide bonds. The van der Waals surface area contributed by atoms with Crippen molar-refractivity contribution < 1.29 is 27.9 Å². The fourth-order valence-electron chi connectivity index (χ4n) is 3.69. The van der Waals surface area contributed by atoms with Crippen molar-refractivity contribution in [3.8, 4) is 5.75 Å². The quantitative estimate of drug-likeness (QED) is 0.652. The Morgan fingerprint density at radius 2 is 1.78 bits per heavy atom. The summed E-state index contributed by atoms with van der Waals surface area (Å²) in [5, 5.41) is 8.97. The van der Waals surface area contributed by atoms with Crippen LogP contribution in [0.2, 0.25) is 0 Å². The van der Waals surface area contributed by atoms with E-state index in [0.29, 0.717) is 23.2 Å². The van der Waals surface area contributed by atoms with E-state index in [0.717, 1.165) is 5.56 Å². The summed E-state index contributed by atoms with van der Waals surface area (Å²) in [5.74, 6) is -0.927. The average molecular weight is 475 g/mol. The Bertz CT molecular complexity index is 1130. The SMILES string of the molecule is O=C(O)CCC(=O)N=C1S[C@@H]2CS(=O)(=O)C[C@@H]2N1c1ccc(OCc2ccccc2)cc1. The van der Waals surface area contributed by atoms with Crippen LogP contribution in [-0.4, -0.2) is 53.4 Å². The van der Waals surface area contributed by atoms with Crippen molar-refractivity contribution in [2.24, 2.45) is 4.99 Å². The van der Waals surface area contributed by atoms with Gasteiger partial charge in [0.25, 0.3) is 0 Å². The molecule has 4 rings (SSSR count). The lowest BCUT2D eigenvalue weighted by Crippen LogP contribution is -2.37. The monoisotopic (exact) mass is 474 g/mol. The Morgan fingerprint density at radius 1 is 1.06 bits per heavy atom. The molecule has 168 valence electrons. The summed E-state index contributed by atoms with van der Waals surface area (Å²) in [6.07, 6.45) is -0.498. The highest BCUT2D eigenvalue weighted by molar-refractivity contribution is 8.16. The summed E-state index contributed by atoms with van der Waals surface area (Å²) in [6.45, 7) is 0.424. The van der Waals surface area contributed by atoms with Gasteiger partial charge in [0.2, 0.25) is 5.91 Å². The van der Waals surface area contributed by atoms with Crippen LogP contribution < -0.4 is 9.64 Å². The van der Waals surface area contributed by atoms with Gasteiger partial charge in [0.1, 0.15) is 12.4 Å². The van der Waals surface area contributed by atoms with Crippen molar-refractivity contribution in [2.75, 3.05) is 16.4 Å². The number of ether oxygens (including phenoxy) is 1. The van der Waals surface area contributed by atoms with Gasteiger partial charge in [0.15, 0.2) is 15.0 Å². The first kappa shape index (κ1) is 22.3. The Labute approximate surface area is 190 Å². The van der Waals surface area contributed by atoms with Gasteiger partial charge in [-0.15, -0.1) is 0 Å². The Hall–Kier alpha value is -2.85. The lowest BCUT2D eigenvalue weighted by molar-refractivity contribution is -0.138. The molecule has 0 radical (unpaired) electrons. The second-order valence-electron chi connectivity index (χ2n) is 7.62. The van der Waals surface area contributed by atoms with Crippen LogP contribution in [0.3, 0.4) is 0 Å². The van der Waals surface area contributed by atoms with Crippen molar-refractivity contribution in [3.05, 3.63) is 60.2 Å². The first-order chi connectivity index (χ1) is 15.3. The van der Waals surface area contributed by atoms with E-state index in [1.807, 2.05) is 42.5 Å². The van der Waals surface area contributed by atoms with Gasteiger partial charge >= 0.3 is 5.97 Å². The molecule has 0 aromatic heterocycles. The number of carboxylic acid groups (broad SMARTS) is 1. The minimum absolute atomic E-state index is 0.0146. The van der Waals surface area contributed by atoms with Crippen LogP contribution in [0.15, 0.2) is 59.6 Å². The molecule has 0 bridgehead atoms. The van der Waals surface area contributed by atoms with Gasteiger partial charge in [-0.1, -0.05) is 42.1 Å². The van der Waals surface area contributed by atoms with Crippen molar-refractivity contribution in [3.63, 3.8) is 0 Å². The second-order valence-corrected chi connectivity index (χ2v) is 11.0. The topological polar surface area (TPSA) is 113 Å². The number of fused-ring (bicyclic) bond motifs is 1. The standard InChI is InChI=1S/C22H22N2O6S2/c25-20(10-11-21(26)27)23-22-24(18-13-32(28,29)14-19(18)31-22)16-6-8-17(9-7-16)30-12-15-4-2-1-3-5-15/h1-9,18-19H,10-14H2,(H,26,27)/t18-,19+/m0/s1. The minimum Gasteiger partial charge on any atom is -0.489 e. The molecule has 0 saturated carbocycles. The third kappa shape index (κ3) is 5.31. The Kier molecular flexibility index (Phi) is 6.52. The molecular weight excluding hydrogens is 452 g/mol. The van der Waals surface area contributed by atoms with E-state index in [2.05, 4.69) is 4.99 Å². The highest BCUT2D eigenvalue weighted by Crippen LogP contribution is 2.41. The van der Waals surface area contributed by atoms with Crippen LogP contribution in [-0.2, 0) is 26.0 Å². The van der Waals surface area contributed by atoms with Crippen molar-refractivity contribution in [1.29, 1.82) is 0 Å². The molecule has 2 atom stereocenters. The van der Waals surface area contributed by atoms with Crippen LogP contribution in [0.25, 0.3) is 0 Å². The summed E-state index contributed by atoms with van der Waals surface area (Å²) in [5.41, 5.74) is 1.75. The number of amidine groups is 1. The molecule has 8 nitrogen and oxygen atoms in total. The highest BCUT2D eigenvalue weighted by Gasteiger charge is 2.49. The summed E-state index contributed by atoms with van der Waals surface area (Å²) in [4.78, 5) is 28.8. The maximum atomic E-state index is 12.2. The number of amides is 1. The third-order valence-electron chi connectivity index (χ3n) is 5.20. The fourth-order valence-corrected chi connectivity index (χ4v) is 7.62. The molecular formula is C22H22N2O6S2. The van der Waals surface area contributed by atoms with Crippen LogP contribution in [0.1, 0.15) is 18.4 Å². The van der Waals surface area contributed by atoms with Gasteiger partial charge in [-0.2, -0.15) is 4.99 Å². The van der Waals surface area contributed by atoms with Crippen LogP contribution in [0.5, 0.6) is 5.75 Å². The Morgan fingerprint density at radius 3 is 2.47 bits per heavy atom. The molecule has 0 unspecified atom stereocenters. The molecule has 2 aliphatic rings. The lowest BCUT2D eigenvalue weighted by Gasteiger charge is -2.24. The number of anilines is 1. The number of sulfone groups is 1. The number of aliphatic carboxylic acids is 1. The zero-order chi connectivity index (χ0) is 22.7. The minimum atomic E-state index is -3.17. The maximum absolute atomic E-state index is 12.2. The van der Waals surface area contributed by atoms with Crippen molar-refractivity contribution >= 4 is 44.3 Å². The van der Waals surface area contributed by atoms with Gasteiger partial charge in [-0.05, 0) is 29.8 Å². The van der Waals surface area contributed by atoms with Gasteiger partial charge in [0.05, 0.1) is 24.0 Å². The van der Waals surface area contributed by atoms with Gasteiger partial charge in [0, 0.05) is 17.4 Å². The number of hydrogen-bond acceptors (Lipinski definition) is 6. The predicted molar refractivity (Wildman–Crippen MR) is 123 cm³/mol. The molecule has 0 aliphatic carbocycles. The number of aliphatic imine (C=N–C) groups is 1. The van der Waals surface area contributed by atoms with E-state index in [-0.39, 0.29) is 35.6 Å². The summed E-state index contributed by atoms with van der Waals surface area (Å²) < 4.78 is 30.2. The molecule has 2 aliphatic heterocycles. The molecule has 2 aromatic rings. The second kappa shape index (κ2) is 9.33. The van der Waals surface area contributed by atoms with Crippen molar-refractivity contribution in [1.82, 2.24) is 0 Å². The highest BCUT2D eigenvalue weighted by atomic mass is 32.2. The average Bonchev–Trinajstić information content (AvgIpc) is 3.22. The zero-order valence-electron chi connectivity index (χ0n) is 17.1. The molecule has 1 N–H and O–H groups in total. The molecule has 2 aromatic carbocycles. The molecule has 0 spiro atoms. The molecule has 32 heavy (non-hydrogen) atoms. The summed E-state index contributed by atoms with van der Waals surface area (Å²) in [6, 6.07) is 16.7. The number of benzene rings is 2. The van der Waals surface area contributed by atoms with Gasteiger partial charge in [-0.25, -0.2) is 8.42 Å². The van der Waals surface area contributed by atoms with Crippen molar-refractivity contribution in [2.45, 2.75) is 30.7 Å². The predicted octanol–water partition coefficient (Wildman–Crippen LogP) is 2.73. The molecule has 10 heteroatoms. The van der Waals surface area contributed by atoms with E-state index < -0.39 is 21.7 Å². The van der Waals surface area contributed by atoms with Gasteiger partial charge in [-0.3, -0.25) is 9.59 Å². The largest absolute Gasteiger partial charge is 0.489 e. The maximum Gasteiger partial charge on any atom is 0.303 e. The van der Waals surface area contributed by atoms with E-state index in [1.165, 1.54) is 11.8 Å². The smallest absolute Gasteiger partial charge is 0.303 e. The van der Waals surface area contributed by atoms with Gasteiger partial charge < -0.3 is 14.7 Å². The molecule has 2 heterocycles.